The molecule has 3 atom stereocenters. The standard InChI is InChI=1S/C19H28O3/c1-2-3-9-16(15-10-5-4-6-11-15)14-19(21)22-18-13-8-7-12-17(18)20/h4-6,10-11,16-18,20H,2-3,7-9,12-14H2,1H3/t16-,17+,18+/m0/s1. The van der Waals surface area contributed by atoms with Crippen molar-refractivity contribution in [3.63, 3.8) is 0 Å². The first kappa shape index (κ1) is 17.0. The second-order valence-corrected chi connectivity index (χ2v) is 6.33. The number of ether oxygens (including phenoxy) is 1. The minimum atomic E-state index is -0.483. The number of carbonyl (C=O) groups excluding carboxylic acids is 1. The SMILES string of the molecule is CCCC[C@@H](CC(=O)O[C@@H]1CCCC[C@H]1O)c1ccccc1. The summed E-state index contributed by atoms with van der Waals surface area (Å²) in [6.07, 6.45) is 6.46. The molecule has 1 fully saturated rings. The molecule has 0 heterocycles. The van der Waals surface area contributed by atoms with Crippen LogP contribution in [-0.4, -0.2) is 23.3 Å². The summed E-state index contributed by atoms with van der Waals surface area (Å²) < 4.78 is 5.55. The van der Waals surface area contributed by atoms with E-state index in [1.54, 1.807) is 0 Å². The van der Waals surface area contributed by atoms with Gasteiger partial charge in [-0.05, 0) is 37.2 Å². The quantitative estimate of drug-likeness (QED) is 0.768. The van der Waals surface area contributed by atoms with Crippen LogP contribution in [0.3, 0.4) is 0 Å². The van der Waals surface area contributed by atoms with E-state index in [0.29, 0.717) is 6.42 Å². The number of carbonyl (C=O) groups is 1. The van der Waals surface area contributed by atoms with Crippen LogP contribution in [0.1, 0.15) is 69.8 Å². The number of benzene rings is 1. The average Bonchev–Trinajstić information content (AvgIpc) is 2.54. The number of hydrogen-bond donors (Lipinski definition) is 1. The maximum absolute atomic E-state index is 12.3. The highest BCUT2D eigenvalue weighted by Gasteiger charge is 2.27. The number of rotatable bonds is 7. The highest BCUT2D eigenvalue weighted by atomic mass is 16.6. The van der Waals surface area contributed by atoms with Gasteiger partial charge in [0.25, 0.3) is 0 Å². The Morgan fingerprint density at radius 3 is 2.68 bits per heavy atom. The molecule has 0 spiro atoms. The Labute approximate surface area is 133 Å². The summed E-state index contributed by atoms with van der Waals surface area (Å²) in [5, 5.41) is 9.93. The van der Waals surface area contributed by atoms with E-state index in [4.69, 9.17) is 4.74 Å². The molecule has 122 valence electrons. The Morgan fingerprint density at radius 2 is 2.00 bits per heavy atom. The largest absolute Gasteiger partial charge is 0.460 e. The van der Waals surface area contributed by atoms with Gasteiger partial charge in [-0.3, -0.25) is 4.79 Å². The van der Waals surface area contributed by atoms with Gasteiger partial charge in [-0.1, -0.05) is 56.5 Å². The van der Waals surface area contributed by atoms with Crippen molar-refractivity contribution in [1.82, 2.24) is 0 Å². The molecule has 22 heavy (non-hydrogen) atoms. The van der Waals surface area contributed by atoms with Crippen molar-refractivity contribution in [1.29, 1.82) is 0 Å². The third-order valence-electron chi connectivity index (χ3n) is 4.54. The van der Waals surface area contributed by atoms with Gasteiger partial charge in [0.1, 0.15) is 6.10 Å². The maximum Gasteiger partial charge on any atom is 0.306 e. The molecule has 3 nitrogen and oxygen atoms in total. The molecule has 0 aromatic heterocycles. The first-order valence-electron chi connectivity index (χ1n) is 8.63. The van der Waals surface area contributed by atoms with Gasteiger partial charge in [0.15, 0.2) is 0 Å². The van der Waals surface area contributed by atoms with Crippen molar-refractivity contribution in [2.24, 2.45) is 0 Å². The Kier molecular flexibility index (Phi) is 6.91. The van der Waals surface area contributed by atoms with Crippen LogP contribution < -0.4 is 0 Å². The third kappa shape index (κ3) is 5.13. The summed E-state index contributed by atoms with van der Waals surface area (Å²) >= 11 is 0. The average molecular weight is 304 g/mol. The highest BCUT2D eigenvalue weighted by molar-refractivity contribution is 5.70. The van der Waals surface area contributed by atoms with Crippen molar-refractivity contribution < 1.29 is 14.6 Å². The number of aliphatic hydroxyl groups is 1. The van der Waals surface area contributed by atoms with E-state index in [2.05, 4.69) is 19.1 Å². The van der Waals surface area contributed by atoms with Gasteiger partial charge >= 0.3 is 5.97 Å². The summed E-state index contributed by atoms with van der Waals surface area (Å²) in [7, 11) is 0. The molecule has 0 bridgehead atoms. The van der Waals surface area contributed by atoms with Gasteiger partial charge in [-0.15, -0.1) is 0 Å². The summed E-state index contributed by atoms with van der Waals surface area (Å²) in [6, 6.07) is 10.2. The Hall–Kier alpha value is -1.35. The first-order valence-corrected chi connectivity index (χ1v) is 8.63. The fraction of sp³-hybridized carbons (Fsp3) is 0.632. The predicted molar refractivity (Wildman–Crippen MR) is 87.7 cm³/mol. The van der Waals surface area contributed by atoms with Crippen molar-refractivity contribution in [3.05, 3.63) is 35.9 Å². The van der Waals surface area contributed by atoms with E-state index in [1.807, 2.05) is 18.2 Å². The fourth-order valence-electron chi connectivity index (χ4n) is 3.20. The number of esters is 1. The number of unbranched alkanes of at least 4 members (excludes halogenated alkanes) is 1. The lowest BCUT2D eigenvalue weighted by Crippen LogP contribution is -2.34. The van der Waals surface area contributed by atoms with Gasteiger partial charge in [0, 0.05) is 0 Å². The van der Waals surface area contributed by atoms with Crippen molar-refractivity contribution >= 4 is 5.97 Å². The molecule has 0 unspecified atom stereocenters. The van der Waals surface area contributed by atoms with Gasteiger partial charge in [-0.25, -0.2) is 0 Å². The van der Waals surface area contributed by atoms with Gasteiger partial charge < -0.3 is 9.84 Å². The first-order chi connectivity index (χ1) is 10.7. The smallest absolute Gasteiger partial charge is 0.306 e. The molecule has 0 radical (unpaired) electrons. The van der Waals surface area contributed by atoms with E-state index >= 15 is 0 Å². The molecule has 2 rings (SSSR count). The zero-order valence-electron chi connectivity index (χ0n) is 13.5. The van der Waals surface area contributed by atoms with Crippen LogP contribution in [0.25, 0.3) is 0 Å². The lowest BCUT2D eigenvalue weighted by Gasteiger charge is -2.28. The summed E-state index contributed by atoms with van der Waals surface area (Å²) in [5.41, 5.74) is 1.21. The second kappa shape index (κ2) is 8.94. The molecule has 0 saturated heterocycles. The molecule has 1 N–H and O–H groups in total. The van der Waals surface area contributed by atoms with Crippen molar-refractivity contribution in [2.75, 3.05) is 0 Å². The van der Waals surface area contributed by atoms with E-state index in [0.717, 1.165) is 44.9 Å². The van der Waals surface area contributed by atoms with Crippen LogP contribution in [0.4, 0.5) is 0 Å². The number of hydrogen-bond acceptors (Lipinski definition) is 3. The summed E-state index contributed by atoms with van der Waals surface area (Å²) in [6.45, 7) is 2.17. The molecule has 1 aromatic rings. The summed E-state index contributed by atoms with van der Waals surface area (Å²) in [5.74, 6) is 0.0466. The molecule has 3 heteroatoms. The molecule has 1 aliphatic rings. The molecule has 1 aromatic carbocycles. The number of aliphatic hydroxyl groups excluding tert-OH is 1. The van der Waals surface area contributed by atoms with Gasteiger partial charge in [-0.2, -0.15) is 0 Å². The van der Waals surface area contributed by atoms with E-state index in [9.17, 15) is 9.90 Å². The molecule has 1 saturated carbocycles. The van der Waals surface area contributed by atoms with Crippen LogP contribution in [0.15, 0.2) is 30.3 Å². The molecule has 1 aliphatic carbocycles. The predicted octanol–water partition coefficient (Wildman–Crippen LogP) is 4.20. The maximum atomic E-state index is 12.3. The lowest BCUT2D eigenvalue weighted by atomic mass is 9.90. The lowest BCUT2D eigenvalue weighted by molar-refractivity contribution is -0.158. The zero-order valence-corrected chi connectivity index (χ0v) is 13.5. The molecular weight excluding hydrogens is 276 g/mol. The Morgan fingerprint density at radius 1 is 1.27 bits per heavy atom. The van der Waals surface area contributed by atoms with Crippen LogP contribution in [0.2, 0.25) is 0 Å². The third-order valence-corrected chi connectivity index (χ3v) is 4.54. The topological polar surface area (TPSA) is 46.5 Å². The summed E-state index contributed by atoms with van der Waals surface area (Å²) in [4.78, 5) is 12.3. The van der Waals surface area contributed by atoms with E-state index in [1.165, 1.54) is 5.56 Å². The van der Waals surface area contributed by atoms with Gasteiger partial charge in [0.05, 0.1) is 12.5 Å². The van der Waals surface area contributed by atoms with Crippen LogP contribution in [-0.2, 0) is 9.53 Å². The highest BCUT2D eigenvalue weighted by Crippen LogP contribution is 2.28. The molecule has 0 aliphatic heterocycles. The van der Waals surface area contributed by atoms with Crippen molar-refractivity contribution in [3.8, 4) is 0 Å². The normalized spacial score (nSPS) is 23.0. The zero-order chi connectivity index (χ0) is 15.8. The van der Waals surface area contributed by atoms with Gasteiger partial charge in [0.2, 0.25) is 0 Å². The second-order valence-electron chi connectivity index (χ2n) is 6.33. The minimum Gasteiger partial charge on any atom is -0.460 e. The van der Waals surface area contributed by atoms with Crippen LogP contribution >= 0.6 is 0 Å². The fourth-order valence-corrected chi connectivity index (χ4v) is 3.20. The Bertz CT molecular complexity index is 443. The van der Waals surface area contributed by atoms with Crippen LogP contribution in [0.5, 0.6) is 0 Å². The van der Waals surface area contributed by atoms with Crippen LogP contribution in [0, 0.1) is 0 Å². The van der Waals surface area contributed by atoms with E-state index < -0.39 is 6.10 Å². The molecular formula is C19H28O3. The minimum absolute atomic E-state index is 0.170. The molecule has 0 amide bonds. The van der Waals surface area contributed by atoms with Crippen molar-refractivity contribution in [2.45, 2.75) is 76.4 Å². The monoisotopic (exact) mass is 304 g/mol. The van der Waals surface area contributed by atoms with E-state index in [-0.39, 0.29) is 18.0 Å². The Balaban J connectivity index is 1.92.